The molecule has 1 aromatic rings. The molecule has 5 nitrogen and oxygen atoms in total. The van der Waals surface area contributed by atoms with Crippen LogP contribution in [0.4, 0.5) is 0 Å². The van der Waals surface area contributed by atoms with E-state index in [1.165, 1.54) is 0 Å². The minimum Gasteiger partial charge on any atom is -0.384 e. The number of aliphatic hydroxyl groups is 1. The number of halogens is 1. The van der Waals surface area contributed by atoms with Crippen molar-refractivity contribution in [2.75, 3.05) is 0 Å². The van der Waals surface area contributed by atoms with Gasteiger partial charge in [-0.2, -0.15) is 0 Å². The fourth-order valence-corrected chi connectivity index (χ4v) is 4.71. The molecule has 0 radical (unpaired) electrons. The van der Waals surface area contributed by atoms with Crippen molar-refractivity contribution in [1.82, 2.24) is 5.06 Å². The van der Waals surface area contributed by atoms with E-state index in [2.05, 4.69) is 5.18 Å². The van der Waals surface area contributed by atoms with Gasteiger partial charge in [-0.05, 0) is 54.2 Å². The van der Waals surface area contributed by atoms with Crippen molar-refractivity contribution >= 4 is 33.3 Å². The molecule has 108 valence electrons. The molecule has 1 aliphatic rings. The summed E-state index contributed by atoms with van der Waals surface area (Å²) in [5.74, 6) is 0.672. The van der Waals surface area contributed by atoms with Gasteiger partial charge in [0.05, 0.1) is 11.0 Å². The van der Waals surface area contributed by atoms with Crippen LogP contribution in [-0.4, -0.2) is 32.4 Å². The Labute approximate surface area is 132 Å². The average molecular weight is 406 g/mol. The number of aryl methyl sites for hydroxylation is 1. The molecular weight excluding hydrogens is 390 g/mol. The van der Waals surface area contributed by atoms with Gasteiger partial charge in [0.25, 0.3) is 0 Å². The van der Waals surface area contributed by atoms with Gasteiger partial charge in [-0.25, -0.2) is 0 Å². The van der Waals surface area contributed by atoms with E-state index in [1.807, 2.05) is 41.1 Å². The molecule has 2 unspecified atom stereocenters. The van der Waals surface area contributed by atoms with E-state index in [4.69, 9.17) is 0 Å². The van der Waals surface area contributed by atoms with Crippen LogP contribution in [0.2, 0.25) is 0 Å². The highest BCUT2D eigenvalue weighted by Crippen LogP contribution is 2.50. The summed E-state index contributed by atoms with van der Waals surface area (Å²) in [7, 11) is 0. The summed E-state index contributed by atoms with van der Waals surface area (Å²) >= 11 is 2.02. The molecule has 0 bridgehead atoms. The van der Waals surface area contributed by atoms with E-state index in [9.17, 15) is 15.2 Å². The first-order chi connectivity index (χ1) is 9.32. The van der Waals surface area contributed by atoms with Gasteiger partial charge in [0.2, 0.25) is 0 Å². The van der Waals surface area contributed by atoms with Gasteiger partial charge in [0.15, 0.2) is 5.54 Å². The van der Waals surface area contributed by atoms with Crippen molar-refractivity contribution in [3.05, 3.63) is 40.3 Å². The molecule has 0 amide bonds. The first kappa shape index (κ1) is 16.0. The Morgan fingerprint density at radius 3 is 2.30 bits per heavy atom. The average Bonchev–Trinajstić information content (AvgIpc) is 2.56. The van der Waals surface area contributed by atoms with E-state index in [1.54, 1.807) is 26.0 Å². The zero-order valence-corrected chi connectivity index (χ0v) is 14.5. The second kappa shape index (κ2) is 5.42. The predicted molar refractivity (Wildman–Crippen MR) is 88.3 cm³/mol. The minimum atomic E-state index is -1.43. The van der Waals surface area contributed by atoms with Crippen LogP contribution < -0.4 is 0 Å². The second-order valence-electron chi connectivity index (χ2n) is 5.44. The molecule has 0 aliphatic carbocycles. The van der Waals surface area contributed by atoms with Gasteiger partial charge < -0.3 is 10.3 Å². The predicted octanol–water partition coefficient (Wildman–Crippen LogP) is 3.23. The van der Waals surface area contributed by atoms with Crippen LogP contribution in [0.25, 0.3) is 0 Å². The zero-order valence-electron chi connectivity index (χ0n) is 11.4. The monoisotopic (exact) mass is 406 g/mol. The van der Waals surface area contributed by atoms with Crippen molar-refractivity contribution in [2.45, 2.75) is 38.0 Å². The summed E-state index contributed by atoms with van der Waals surface area (Å²) in [6.07, 6.45) is -1.15. The smallest absolute Gasteiger partial charge is 0.179 e. The summed E-state index contributed by atoms with van der Waals surface area (Å²) < 4.78 is 0. The summed E-state index contributed by atoms with van der Waals surface area (Å²) in [6.45, 7) is 5.35. The van der Waals surface area contributed by atoms with Crippen LogP contribution >= 0.6 is 27.9 Å². The van der Waals surface area contributed by atoms with Crippen LogP contribution in [0.5, 0.6) is 0 Å². The molecular formula is C13H16IN2O3P. The summed E-state index contributed by atoms with van der Waals surface area (Å²) in [5.41, 5.74) is -0.433. The molecule has 1 fully saturated rings. The molecule has 2 N–H and O–H groups in total. The normalized spacial score (nSPS) is 31.7. The van der Waals surface area contributed by atoms with Gasteiger partial charge in [-0.1, -0.05) is 35.0 Å². The third-order valence-electron chi connectivity index (χ3n) is 4.04. The highest BCUT2D eigenvalue weighted by molar-refractivity contribution is 14.2. The Kier molecular flexibility index (Phi) is 4.33. The SMILES string of the molecule is Cc1ccc(C2(N=O)C(O)C(=PI)N(O)C2(C)C)cc1. The van der Waals surface area contributed by atoms with Crippen molar-refractivity contribution in [2.24, 2.45) is 5.18 Å². The van der Waals surface area contributed by atoms with E-state index >= 15 is 0 Å². The van der Waals surface area contributed by atoms with E-state index in [0.29, 0.717) is 16.8 Å². The lowest BCUT2D eigenvalue weighted by molar-refractivity contribution is -0.102. The summed E-state index contributed by atoms with van der Waals surface area (Å²) in [5, 5.41) is 25.1. The molecule has 0 spiro atoms. The number of hydroxylamine groups is 2. The van der Waals surface area contributed by atoms with Gasteiger partial charge in [0.1, 0.15) is 6.10 Å². The van der Waals surface area contributed by atoms with Crippen LogP contribution in [0.3, 0.4) is 0 Å². The van der Waals surface area contributed by atoms with Gasteiger partial charge >= 0.3 is 0 Å². The fourth-order valence-electron chi connectivity index (χ4n) is 2.70. The van der Waals surface area contributed by atoms with Crippen LogP contribution in [-0.2, 0) is 5.54 Å². The Morgan fingerprint density at radius 1 is 1.35 bits per heavy atom. The number of nitroso groups, excluding NO2 is 1. The van der Waals surface area contributed by atoms with Crippen molar-refractivity contribution in [3.8, 4) is 0 Å². The summed E-state index contributed by atoms with van der Waals surface area (Å²) in [6, 6.07) is 7.30. The lowest BCUT2D eigenvalue weighted by atomic mass is 9.74. The molecule has 2 atom stereocenters. The first-order valence-corrected chi connectivity index (χ1v) is 9.78. The summed E-state index contributed by atoms with van der Waals surface area (Å²) in [4.78, 5) is 11.7. The Morgan fingerprint density at radius 2 is 1.90 bits per heavy atom. The van der Waals surface area contributed by atoms with Crippen LogP contribution in [0, 0.1) is 11.8 Å². The minimum absolute atomic E-state index is 0.371. The van der Waals surface area contributed by atoms with Gasteiger partial charge in [-0.15, -0.1) is 9.97 Å². The van der Waals surface area contributed by atoms with E-state index < -0.39 is 17.2 Å². The molecule has 2 rings (SSSR count). The van der Waals surface area contributed by atoms with Crippen LogP contribution in [0.15, 0.2) is 29.4 Å². The fraction of sp³-hybridized carbons (Fsp3) is 0.462. The number of rotatable bonds is 2. The molecule has 7 heteroatoms. The third kappa shape index (κ3) is 1.97. The zero-order chi connectivity index (χ0) is 15.1. The molecule has 1 heterocycles. The number of hydrogen-bond acceptors (Lipinski definition) is 4. The van der Waals surface area contributed by atoms with E-state index in [0.717, 1.165) is 10.6 Å². The van der Waals surface area contributed by atoms with Crippen molar-refractivity contribution < 1.29 is 10.3 Å². The Hall–Kier alpha value is -0.400. The van der Waals surface area contributed by atoms with Gasteiger partial charge in [0, 0.05) is 0 Å². The quantitative estimate of drug-likeness (QED) is 0.450. The highest BCUT2D eigenvalue weighted by Gasteiger charge is 2.65. The molecule has 0 aromatic heterocycles. The van der Waals surface area contributed by atoms with Crippen molar-refractivity contribution in [1.29, 1.82) is 0 Å². The lowest BCUT2D eigenvalue weighted by Gasteiger charge is -2.37. The maximum absolute atomic E-state index is 11.7. The number of benzene rings is 1. The lowest BCUT2D eigenvalue weighted by Crippen LogP contribution is -2.52. The maximum atomic E-state index is 11.7. The second-order valence-corrected chi connectivity index (χ2v) is 7.51. The number of hydrogen-bond donors (Lipinski definition) is 2. The molecule has 1 aromatic carbocycles. The molecule has 20 heavy (non-hydrogen) atoms. The van der Waals surface area contributed by atoms with Crippen LogP contribution in [0.1, 0.15) is 25.0 Å². The highest BCUT2D eigenvalue weighted by atomic mass is 127. The molecule has 1 saturated heterocycles. The maximum Gasteiger partial charge on any atom is 0.179 e. The van der Waals surface area contributed by atoms with Gasteiger partial charge in [-0.3, -0.25) is 0 Å². The topological polar surface area (TPSA) is 73.1 Å². The Balaban J connectivity index is 2.70. The van der Waals surface area contributed by atoms with E-state index in [-0.39, 0.29) is 0 Å². The van der Waals surface area contributed by atoms with Crippen molar-refractivity contribution in [3.63, 3.8) is 0 Å². The number of aliphatic hydroxyl groups excluding tert-OH is 1. The largest absolute Gasteiger partial charge is 0.384 e. The molecule has 1 aliphatic heterocycles. The number of nitrogens with zero attached hydrogens (tertiary/aromatic N) is 2. The standard InChI is InChI=1S/C13H16IN2O3P/c1-8-4-6-9(7-5-8)13(15-18)10(17)11(20-14)16(19)12(13,2)3/h4-7,10,17,19H,1-3H3. The first-order valence-electron chi connectivity index (χ1n) is 6.10. The third-order valence-corrected chi connectivity index (χ3v) is 6.13. The Bertz CT molecular complexity index is 561. The molecule has 0 saturated carbocycles.